The fourth-order valence-electron chi connectivity index (χ4n) is 5.04. The van der Waals surface area contributed by atoms with Crippen molar-refractivity contribution in [1.82, 2.24) is 0 Å². The summed E-state index contributed by atoms with van der Waals surface area (Å²) in [6.45, 7) is 2.02. The van der Waals surface area contributed by atoms with Gasteiger partial charge in [0, 0.05) is 0 Å². The molecule has 0 radical (unpaired) electrons. The molecule has 0 aromatic heterocycles. The molecule has 0 spiro atoms. The molecule has 2 aliphatic rings. The number of alkyl halides is 3. The van der Waals surface area contributed by atoms with E-state index in [0.717, 1.165) is 49.1 Å². The highest BCUT2D eigenvalue weighted by Gasteiger charge is 2.33. The molecule has 29 heavy (non-hydrogen) atoms. The first kappa shape index (κ1) is 21.9. The van der Waals surface area contributed by atoms with Gasteiger partial charge in [-0.25, -0.2) is 4.39 Å². The third kappa shape index (κ3) is 6.35. The van der Waals surface area contributed by atoms with E-state index in [1.807, 2.05) is 13.0 Å². The minimum Gasteiger partial charge on any atom is -0.403 e. The molecule has 0 heterocycles. The highest BCUT2D eigenvalue weighted by Crippen LogP contribution is 2.44. The number of benzene rings is 1. The Balaban J connectivity index is 1.49. The molecule has 5 heteroatoms. The molecule has 0 amide bonds. The maximum atomic E-state index is 14.0. The first-order valence-electron chi connectivity index (χ1n) is 10.7. The van der Waals surface area contributed by atoms with Crippen LogP contribution in [0.15, 0.2) is 42.5 Å². The second-order valence-electron chi connectivity index (χ2n) is 8.43. The van der Waals surface area contributed by atoms with Crippen LogP contribution in [-0.4, -0.2) is 6.36 Å². The predicted molar refractivity (Wildman–Crippen MR) is 107 cm³/mol. The molecule has 3 rings (SSSR count). The third-order valence-corrected chi connectivity index (χ3v) is 6.59. The predicted octanol–water partition coefficient (Wildman–Crippen LogP) is 7.94. The summed E-state index contributed by atoms with van der Waals surface area (Å²) in [5.41, 5.74) is 0.785. The highest BCUT2D eigenvalue weighted by atomic mass is 19.4. The van der Waals surface area contributed by atoms with Crippen LogP contribution < -0.4 is 4.74 Å². The molecule has 2 aliphatic carbocycles. The number of ether oxygens (including phenoxy) is 1. The lowest BCUT2D eigenvalue weighted by molar-refractivity contribution is -0.275. The Hall–Kier alpha value is -1.78. The zero-order valence-electron chi connectivity index (χ0n) is 16.9. The number of halogens is 4. The molecule has 0 aliphatic heterocycles. The van der Waals surface area contributed by atoms with E-state index < -0.39 is 17.9 Å². The summed E-state index contributed by atoms with van der Waals surface area (Å²) in [6, 6.07) is 3.90. The molecule has 2 saturated carbocycles. The van der Waals surface area contributed by atoms with Gasteiger partial charge in [0.05, 0.1) is 0 Å². The van der Waals surface area contributed by atoms with Gasteiger partial charge in [0.25, 0.3) is 0 Å². The Bertz CT molecular complexity index is 706. The maximum Gasteiger partial charge on any atom is 0.573 e. The van der Waals surface area contributed by atoms with Crippen LogP contribution in [0, 0.1) is 23.6 Å². The Morgan fingerprint density at radius 3 is 2.07 bits per heavy atom. The van der Waals surface area contributed by atoms with Crippen molar-refractivity contribution < 1.29 is 22.3 Å². The van der Waals surface area contributed by atoms with Crippen molar-refractivity contribution in [3.63, 3.8) is 0 Å². The van der Waals surface area contributed by atoms with E-state index in [-0.39, 0.29) is 5.92 Å². The van der Waals surface area contributed by atoms with Gasteiger partial charge in [-0.2, -0.15) is 0 Å². The van der Waals surface area contributed by atoms with Crippen molar-refractivity contribution in [2.24, 2.45) is 17.8 Å². The summed E-state index contributed by atoms with van der Waals surface area (Å²) in [7, 11) is 0. The Kier molecular flexibility index (Phi) is 7.42. The van der Waals surface area contributed by atoms with E-state index in [1.165, 1.54) is 31.7 Å². The average Bonchev–Trinajstić information content (AvgIpc) is 2.69. The SMILES string of the molecule is CC=CC=CC1CCC(C2CCC(c3ccc(OC(F)(F)F)c(F)c3)CC2)CC1. The second kappa shape index (κ2) is 9.82. The molecule has 0 bridgehead atoms. The van der Waals surface area contributed by atoms with Gasteiger partial charge in [0.1, 0.15) is 0 Å². The third-order valence-electron chi connectivity index (χ3n) is 6.59. The topological polar surface area (TPSA) is 9.23 Å². The normalized spacial score (nSPS) is 28.9. The number of rotatable bonds is 5. The lowest BCUT2D eigenvalue weighted by Gasteiger charge is -2.37. The minimum absolute atomic E-state index is 0.223. The van der Waals surface area contributed by atoms with E-state index in [4.69, 9.17) is 0 Å². The van der Waals surface area contributed by atoms with Crippen LogP contribution in [0.4, 0.5) is 17.6 Å². The van der Waals surface area contributed by atoms with Crippen LogP contribution in [0.25, 0.3) is 0 Å². The monoisotopic (exact) mass is 410 g/mol. The molecular weight excluding hydrogens is 380 g/mol. The standard InChI is InChI=1S/C24H30F4O/c1-2-3-4-5-17-6-8-18(9-7-17)19-10-12-20(13-11-19)21-14-15-23(22(25)16-21)29-24(26,27)28/h2-5,14-20H,6-13H2,1H3. The van der Waals surface area contributed by atoms with Crippen molar-refractivity contribution in [3.05, 3.63) is 53.9 Å². The van der Waals surface area contributed by atoms with Crippen molar-refractivity contribution in [2.75, 3.05) is 0 Å². The summed E-state index contributed by atoms with van der Waals surface area (Å²) >= 11 is 0. The minimum atomic E-state index is -4.87. The first-order valence-corrected chi connectivity index (χ1v) is 10.7. The van der Waals surface area contributed by atoms with E-state index in [0.29, 0.717) is 5.92 Å². The Morgan fingerprint density at radius 1 is 0.897 bits per heavy atom. The van der Waals surface area contributed by atoms with E-state index in [2.05, 4.69) is 23.0 Å². The summed E-state index contributed by atoms with van der Waals surface area (Å²) in [5, 5.41) is 0. The molecule has 0 unspecified atom stereocenters. The molecule has 1 aromatic rings. The van der Waals surface area contributed by atoms with Gasteiger partial charge in [-0.15, -0.1) is 13.2 Å². The van der Waals surface area contributed by atoms with Crippen LogP contribution >= 0.6 is 0 Å². The van der Waals surface area contributed by atoms with Crippen molar-refractivity contribution in [2.45, 2.75) is 70.6 Å². The molecule has 0 atom stereocenters. The summed E-state index contributed by atoms with van der Waals surface area (Å²) in [5.74, 6) is 0.729. The summed E-state index contributed by atoms with van der Waals surface area (Å²) in [6.07, 6.45) is 13.0. The number of hydrogen-bond acceptors (Lipinski definition) is 1. The first-order chi connectivity index (χ1) is 13.9. The molecule has 160 valence electrons. The van der Waals surface area contributed by atoms with E-state index >= 15 is 0 Å². The molecule has 1 nitrogen and oxygen atoms in total. The van der Waals surface area contributed by atoms with E-state index in [9.17, 15) is 17.6 Å². The molecule has 0 N–H and O–H groups in total. The molecule has 1 aromatic carbocycles. The largest absolute Gasteiger partial charge is 0.573 e. The zero-order chi connectivity index (χ0) is 20.9. The van der Waals surface area contributed by atoms with Crippen molar-refractivity contribution >= 4 is 0 Å². The molecular formula is C24H30F4O. The fourth-order valence-corrected chi connectivity index (χ4v) is 5.04. The molecule has 0 saturated heterocycles. The lowest BCUT2D eigenvalue weighted by atomic mass is 9.68. The second-order valence-corrected chi connectivity index (χ2v) is 8.43. The van der Waals surface area contributed by atoms with Gasteiger partial charge in [0.15, 0.2) is 11.6 Å². The Morgan fingerprint density at radius 2 is 1.52 bits per heavy atom. The van der Waals surface area contributed by atoms with Crippen LogP contribution in [0.2, 0.25) is 0 Å². The van der Waals surface area contributed by atoms with Gasteiger partial charge >= 0.3 is 6.36 Å². The summed E-state index contributed by atoms with van der Waals surface area (Å²) in [4.78, 5) is 0. The lowest BCUT2D eigenvalue weighted by Crippen LogP contribution is -2.25. The van der Waals surface area contributed by atoms with Crippen LogP contribution in [0.3, 0.4) is 0 Å². The summed E-state index contributed by atoms with van der Waals surface area (Å²) < 4.78 is 54.7. The van der Waals surface area contributed by atoms with Gasteiger partial charge < -0.3 is 4.74 Å². The smallest absolute Gasteiger partial charge is 0.403 e. The maximum absolute atomic E-state index is 14.0. The molecule has 2 fully saturated rings. The average molecular weight is 410 g/mol. The van der Waals surface area contributed by atoms with Crippen LogP contribution in [-0.2, 0) is 0 Å². The highest BCUT2D eigenvalue weighted by molar-refractivity contribution is 5.31. The van der Waals surface area contributed by atoms with Crippen molar-refractivity contribution in [1.29, 1.82) is 0 Å². The number of allylic oxidation sites excluding steroid dienone is 4. The Labute approximate surface area is 170 Å². The van der Waals surface area contributed by atoms with Gasteiger partial charge in [0.2, 0.25) is 0 Å². The van der Waals surface area contributed by atoms with Gasteiger partial charge in [-0.05, 0) is 99.7 Å². The van der Waals surface area contributed by atoms with Crippen LogP contribution in [0.1, 0.15) is 69.8 Å². The van der Waals surface area contributed by atoms with Gasteiger partial charge in [-0.3, -0.25) is 0 Å². The number of hydrogen-bond donors (Lipinski definition) is 0. The van der Waals surface area contributed by atoms with Crippen molar-refractivity contribution in [3.8, 4) is 5.75 Å². The fraction of sp³-hybridized carbons (Fsp3) is 0.583. The van der Waals surface area contributed by atoms with E-state index in [1.54, 1.807) is 6.07 Å². The quantitative estimate of drug-likeness (QED) is 0.354. The van der Waals surface area contributed by atoms with Crippen LogP contribution in [0.5, 0.6) is 5.75 Å². The zero-order valence-corrected chi connectivity index (χ0v) is 16.9. The van der Waals surface area contributed by atoms with Gasteiger partial charge in [-0.1, -0.05) is 30.4 Å².